The number of rotatable bonds is 4. The summed E-state index contributed by atoms with van der Waals surface area (Å²) in [6.07, 6.45) is 0.0104. The number of carbonyl (C=O) groups is 1. The number of methoxy groups -OCH3 is 1. The number of nitrogens with one attached hydrogen (secondary N) is 1. The van der Waals surface area contributed by atoms with E-state index in [9.17, 15) is 4.79 Å². The molecule has 2 heterocycles. The van der Waals surface area contributed by atoms with Gasteiger partial charge in [-0.15, -0.1) is 11.3 Å². The number of hydrogen-bond donors (Lipinski definition) is 1. The lowest BCUT2D eigenvalue weighted by atomic mass is 10.1. The van der Waals surface area contributed by atoms with Gasteiger partial charge in [0.1, 0.15) is 0 Å². The van der Waals surface area contributed by atoms with E-state index < -0.39 is 0 Å². The first-order valence-electron chi connectivity index (χ1n) is 8.14. The molecule has 2 amide bonds. The van der Waals surface area contributed by atoms with Gasteiger partial charge in [0.05, 0.1) is 11.1 Å². The van der Waals surface area contributed by atoms with E-state index in [0.717, 1.165) is 37.4 Å². The van der Waals surface area contributed by atoms with Crippen LogP contribution in [0, 0.1) is 0 Å². The summed E-state index contributed by atoms with van der Waals surface area (Å²) in [7, 11) is 1.68. The van der Waals surface area contributed by atoms with Crippen LogP contribution in [0.5, 0.6) is 0 Å². The number of urea groups is 1. The number of hydrogen-bond acceptors (Lipinski definition) is 4. The van der Waals surface area contributed by atoms with Crippen LogP contribution in [0.1, 0.15) is 18.6 Å². The topological polar surface area (TPSA) is 44.8 Å². The Kier molecular flexibility index (Phi) is 5.37. The molecule has 1 aliphatic heterocycles. The van der Waals surface area contributed by atoms with Crippen molar-refractivity contribution in [1.82, 2.24) is 4.90 Å². The number of amides is 2. The maximum absolute atomic E-state index is 12.5. The van der Waals surface area contributed by atoms with Crippen LogP contribution in [0.2, 0.25) is 0 Å². The van der Waals surface area contributed by atoms with Crippen LogP contribution in [0.25, 0.3) is 0 Å². The summed E-state index contributed by atoms with van der Waals surface area (Å²) < 4.78 is 5.33. The molecule has 0 spiro atoms. The quantitative estimate of drug-likeness (QED) is 0.916. The van der Waals surface area contributed by atoms with Gasteiger partial charge in [-0.25, -0.2) is 4.79 Å². The van der Waals surface area contributed by atoms with Crippen LogP contribution >= 0.6 is 11.3 Å². The molecule has 3 rings (SSSR count). The first-order chi connectivity index (χ1) is 11.7. The molecule has 2 aromatic rings. The fourth-order valence-electron chi connectivity index (χ4n) is 2.79. The largest absolute Gasteiger partial charge is 0.377 e. The number of ether oxygens (including phenoxy) is 1. The molecule has 0 bridgehead atoms. The molecule has 1 N–H and O–H groups in total. The minimum atomic E-state index is -0.0388. The second kappa shape index (κ2) is 7.68. The summed E-state index contributed by atoms with van der Waals surface area (Å²) >= 11 is 1.74. The van der Waals surface area contributed by atoms with Gasteiger partial charge < -0.3 is 19.9 Å². The van der Waals surface area contributed by atoms with Crippen molar-refractivity contribution < 1.29 is 9.53 Å². The Bertz CT molecular complexity index is 667. The third-order valence-electron chi connectivity index (χ3n) is 4.35. The van der Waals surface area contributed by atoms with Crippen molar-refractivity contribution in [1.29, 1.82) is 0 Å². The van der Waals surface area contributed by atoms with Crippen LogP contribution in [-0.2, 0) is 4.74 Å². The molecule has 0 unspecified atom stereocenters. The lowest BCUT2D eigenvalue weighted by Crippen LogP contribution is -2.49. The molecule has 1 aromatic carbocycles. The Labute approximate surface area is 146 Å². The lowest BCUT2D eigenvalue weighted by Gasteiger charge is -2.35. The number of anilines is 2. The Morgan fingerprint density at radius 3 is 2.67 bits per heavy atom. The third kappa shape index (κ3) is 3.88. The zero-order valence-electron chi connectivity index (χ0n) is 14.1. The first-order valence-corrected chi connectivity index (χ1v) is 9.02. The molecule has 1 atom stereocenters. The van der Waals surface area contributed by atoms with Crippen molar-refractivity contribution in [2.45, 2.75) is 13.0 Å². The predicted octanol–water partition coefficient (Wildman–Crippen LogP) is 3.81. The minimum absolute atomic E-state index is 0.0104. The van der Waals surface area contributed by atoms with E-state index in [0.29, 0.717) is 0 Å². The van der Waals surface area contributed by atoms with Gasteiger partial charge in [-0.2, -0.15) is 0 Å². The van der Waals surface area contributed by atoms with Crippen molar-refractivity contribution in [3.63, 3.8) is 0 Å². The maximum Gasteiger partial charge on any atom is 0.321 e. The number of carbonyl (C=O) groups excluding carboxylic acids is 1. The number of thiophene rings is 1. The van der Waals surface area contributed by atoms with Gasteiger partial charge >= 0.3 is 6.03 Å². The fourth-order valence-corrected chi connectivity index (χ4v) is 3.57. The smallest absolute Gasteiger partial charge is 0.321 e. The van der Waals surface area contributed by atoms with Crippen LogP contribution in [0.3, 0.4) is 0 Å². The van der Waals surface area contributed by atoms with Crippen molar-refractivity contribution in [2.24, 2.45) is 0 Å². The molecule has 24 heavy (non-hydrogen) atoms. The standard InChI is InChI=1S/C18H23N3O2S/c1-14(23-2)15-5-3-6-16(13-15)19-18(22)21-10-8-20(9-11-21)17-7-4-12-24-17/h3-7,12-14H,8-11H2,1-2H3,(H,19,22)/t14-/m1/s1. The summed E-state index contributed by atoms with van der Waals surface area (Å²) in [4.78, 5) is 16.7. The Balaban J connectivity index is 1.56. The van der Waals surface area contributed by atoms with E-state index in [4.69, 9.17) is 4.74 Å². The van der Waals surface area contributed by atoms with E-state index in [1.54, 1.807) is 18.4 Å². The van der Waals surface area contributed by atoms with Gasteiger partial charge in [0.15, 0.2) is 0 Å². The van der Waals surface area contributed by atoms with Crippen molar-refractivity contribution >= 4 is 28.1 Å². The minimum Gasteiger partial charge on any atom is -0.377 e. The molecule has 1 aliphatic rings. The molecular weight excluding hydrogens is 322 g/mol. The Hall–Kier alpha value is -2.05. The third-order valence-corrected chi connectivity index (χ3v) is 5.27. The summed E-state index contributed by atoms with van der Waals surface area (Å²) in [5.74, 6) is 0. The second-order valence-corrected chi connectivity index (χ2v) is 6.79. The number of piperazine rings is 1. The molecule has 0 aliphatic carbocycles. The lowest BCUT2D eigenvalue weighted by molar-refractivity contribution is 0.119. The monoisotopic (exact) mass is 345 g/mol. The average Bonchev–Trinajstić information content (AvgIpc) is 3.16. The molecule has 1 aromatic heterocycles. The van der Waals surface area contributed by atoms with Gasteiger partial charge in [0.2, 0.25) is 0 Å². The first kappa shape index (κ1) is 16.8. The SMILES string of the molecule is CO[C@H](C)c1cccc(NC(=O)N2CCN(c3cccs3)CC2)c1. The molecule has 5 nitrogen and oxygen atoms in total. The highest BCUT2D eigenvalue weighted by molar-refractivity contribution is 7.14. The second-order valence-electron chi connectivity index (χ2n) is 5.86. The van der Waals surface area contributed by atoms with Gasteiger partial charge in [-0.05, 0) is 42.1 Å². The van der Waals surface area contributed by atoms with Crippen LogP contribution in [-0.4, -0.2) is 44.2 Å². The van der Waals surface area contributed by atoms with Gasteiger partial charge in [-0.1, -0.05) is 12.1 Å². The average molecular weight is 345 g/mol. The van der Waals surface area contributed by atoms with Crippen molar-refractivity contribution in [3.05, 3.63) is 47.3 Å². The molecular formula is C18H23N3O2S. The van der Waals surface area contributed by atoms with Gasteiger partial charge in [0.25, 0.3) is 0 Å². The predicted molar refractivity (Wildman–Crippen MR) is 99.0 cm³/mol. The highest BCUT2D eigenvalue weighted by Gasteiger charge is 2.21. The highest BCUT2D eigenvalue weighted by Crippen LogP contribution is 2.23. The molecule has 6 heteroatoms. The zero-order valence-corrected chi connectivity index (χ0v) is 14.9. The Morgan fingerprint density at radius 2 is 2.00 bits per heavy atom. The molecule has 128 valence electrons. The fraction of sp³-hybridized carbons (Fsp3) is 0.389. The number of nitrogens with zero attached hydrogens (tertiary/aromatic N) is 2. The maximum atomic E-state index is 12.5. The molecule has 0 saturated carbocycles. The van der Waals surface area contributed by atoms with Crippen molar-refractivity contribution in [3.8, 4) is 0 Å². The van der Waals surface area contributed by atoms with Crippen molar-refractivity contribution in [2.75, 3.05) is 43.5 Å². The van der Waals surface area contributed by atoms with Gasteiger partial charge in [0, 0.05) is 39.0 Å². The summed E-state index contributed by atoms with van der Waals surface area (Å²) in [6.45, 7) is 5.20. The molecule has 0 radical (unpaired) electrons. The summed E-state index contributed by atoms with van der Waals surface area (Å²) in [5.41, 5.74) is 1.86. The number of benzene rings is 1. The van der Waals surface area contributed by atoms with E-state index >= 15 is 0 Å². The highest BCUT2D eigenvalue weighted by atomic mass is 32.1. The molecule has 1 saturated heterocycles. The summed E-state index contributed by atoms with van der Waals surface area (Å²) in [5, 5.41) is 6.36. The van der Waals surface area contributed by atoms with E-state index in [2.05, 4.69) is 27.7 Å². The zero-order chi connectivity index (χ0) is 16.9. The van der Waals surface area contributed by atoms with Crippen LogP contribution < -0.4 is 10.2 Å². The van der Waals surface area contributed by atoms with E-state index in [1.165, 1.54) is 5.00 Å². The van der Waals surface area contributed by atoms with E-state index in [-0.39, 0.29) is 12.1 Å². The van der Waals surface area contributed by atoms with Crippen LogP contribution in [0.15, 0.2) is 41.8 Å². The van der Waals surface area contributed by atoms with Gasteiger partial charge in [-0.3, -0.25) is 0 Å². The molecule has 1 fully saturated rings. The Morgan fingerprint density at radius 1 is 1.21 bits per heavy atom. The normalized spacial score (nSPS) is 16.1. The summed E-state index contributed by atoms with van der Waals surface area (Å²) in [6, 6.07) is 12.0. The van der Waals surface area contributed by atoms with E-state index in [1.807, 2.05) is 36.1 Å². The van der Waals surface area contributed by atoms with Crippen LogP contribution in [0.4, 0.5) is 15.5 Å².